The normalized spacial score (nSPS) is 45.0. The summed E-state index contributed by atoms with van der Waals surface area (Å²) in [7, 11) is -1.22. The maximum atomic E-state index is 6.36. The van der Waals surface area contributed by atoms with Crippen molar-refractivity contribution in [3.8, 4) is 0 Å². The predicted molar refractivity (Wildman–Crippen MR) is 45.6 cm³/mol. The highest BCUT2D eigenvalue weighted by molar-refractivity contribution is 7.20. The van der Waals surface area contributed by atoms with Crippen molar-refractivity contribution >= 4 is 18.5 Å². The summed E-state index contributed by atoms with van der Waals surface area (Å²) in [4.78, 5) is 0. The molecular weight excluding hydrogens is 148 g/mol. The maximum Gasteiger partial charge on any atom is 0.156 e. The van der Waals surface area contributed by atoms with Gasteiger partial charge in [0.1, 0.15) is 0 Å². The van der Waals surface area contributed by atoms with Gasteiger partial charge in [0.2, 0.25) is 0 Å². The van der Waals surface area contributed by atoms with Gasteiger partial charge < -0.3 is 0 Å². The number of hydrogen-bond acceptors (Lipinski definition) is 0. The summed E-state index contributed by atoms with van der Waals surface area (Å²) < 4.78 is 0. The third-order valence-corrected chi connectivity index (χ3v) is 7.94. The smallest absolute Gasteiger partial charge is 0.156 e. The molecule has 2 atom stereocenters. The first-order valence-electron chi connectivity index (χ1n) is 3.82. The van der Waals surface area contributed by atoms with E-state index in [9.17, 15) is 0 Å². The molecule has 0 aromatic carbocycles. The Hall–Kier alpha value is 0.507. The van der Waals surface area contributed by atoms with Crippen LogP contribution < -0.4 is 0 Å². The van der Waals surface area contributed by atoms with Crippen LogP contribution in [-0.2, 0) is 0 Å². The molecule has 2 heteroatoms. The van der Waals surface area contributed by atoms with Crippen molar-refractivity contribution in [1.29, 1.82) is 0 Å². The van der Waals surface area contributed by atoms with Crippen LogP contribution in [0.15, 0.2) is 0 Å². The maximum absolute atomic E-state index is 6.36. The Morgan fingerprint density at radius 1 is 1.44 bits per heavy atom. The number of hydrogen-bond donors (Lipinski definition) is 0. The van der Waals surface area contributed by atoms with E-state index in [1.54, 1.807) is 0 Å². The van der Waals surface area contributed by atoms with Gasteiger partial charge in [0.05, 0.1) is 0 Å². The Labute approximate surface area is 63.3 Å². The van der Waals surface area contributed by atoms with Gasteiger partial charge in [0, 0.05) is 0 Å². The standard InChI is InChI=1S/C7H15ClSi/c1-7-5-3-4-6-9(7,2)8/h7H,3-6H2,1-2H3. The highest BCUT2D eigenvalue weighted by Gasteiger charge is 2.33. The third-order valence-electron chi connectivity index (χ3n) is 2.58. The minimum absolute atomic E-state index is 0.855. The second-order valence-corrected chi connectivity index (χ2v) is 10.1. The van der Waals surface area contributed by atoms with Gasteiger partial charge in [-0.05, 0) is 11.6 Å². The van der Waals surface area contributed by atoms with Crippen molar-refractivity contribution in [3.63, 3.8) is 0 Å². The van der Waals surface area contributed by atoms with Crippen LogP contribution in [0.3, 0.4) is 0 Å². The molecule has 0 aromatic heterocycles. The fraction of sp³-hybridized carbons (Fsp3) is 1.00. The highest BCUT2D eigenvalue weighted by Crippen LogP contribution is 2.39. The lowest BCUT2D eigenvalue weighted by Crippen LogP contribution is -2.30. The molecule has 54 valence electrons. The summed E-state index contributed by atoms with van der Waals surface area (Å²) in [5.74, 6) is 0. The monoisotopic (exact) mass is 162 g/mol. The lowest BCUT2D eigenvalue weighted by molar-refractivity contribution is 0.643. The Balaban J connectivity index is 2.49. The molecule has 2 unspecified atom stereocenters. The second kappa shape index (κ2) is 2.63. The van der Waals surface area contributed by atoms with E-state index in [1.807, 2.05) is 0 Å². The Kier molecular flexibility index (Phi) is 2.22. The third kappa shape index (κ3) is 1.71. The van der Waals surface area contributed by atoms with E-state index < -0.39 is 7.38 Å². The first kappa shape index (κ1) is 7.61. The summed E-state index contributed by atoms with van der Waals surface area (Å²) in [5, 5.41) is 0. The van der Waals surface area contributed by atoms with E-state index in [0.717, 1.165) is 5.54 Å². The van der Waals surface area contributed by atoms with Gasteiger partial charge in [-0.3, -0.25) is 0 Å². The Morgan fingerprint density at radius 2 is 2.11 bits per heavy atom. The first-order valence-corrected chi connectivity index (χ1v) is 7.61. The van der Waals surface area contributed by atoms with Gasteiger partial charge in [-0.1, -0.05) is 32.7 Å². The zero-order valence-electron chi connectivity index (χ0n) is 6.28. The van der Waals surface area contributed by atoms with E-state index in [4.69, 9.17) is 11.1 Å². The summed E-state index contributed by atoms with van der Waals surface area (Å²) in [6, 6.07) is 1.34. The van der Waals surface area contributed by atoms with Crippen molar-refractivity contribution in [2.75, 3.05) is 0 Å². The first-order chi connectivity index (χ1) is 4.13. The summed E-state index contributed by atoms with van der Waals surface area (Å²) in [6.45, 7) is 4.62. The molecular formula is C7H15ClSi. The lowest BCUT2D eigenvalue weighted by Gasteiger charge is -2.31. The van der Waals surface area contributed by atoms with Crippen LogP contribution in [0.4, 0.5) is 0 Å². The quantitative estimate of drug-likeness (QED) is 0.379. The molecule has 0 nitrogen and oxygen atoms in total. The zero-order valence-corrected chi connectivity index (χ0v) is 8.04. The van der Waals surface area contributed by atoms with Crippen LogP contribution in [0.25, 0.3) is 0 Å². The van der Waals surface area contributed by atoms with E-state index >= 15 is 0 Å². The highest BCUT2D eigenvalue weighted by atomic mass is 35.6. The van der Waals surface area contributed by atoms with E-state index in [0.29, 0.717) is 0 Å². The molecule has 0 aliphatic carbocycles. The van der Waals surface area contributed by atoms with Crippen LogP contribution in [-0.4, -0.2) is 7.38 Å². The van der Waals surface area contributed by atoms with Crippen LogP contribution in [0.1, 0.15) is 26.2 Å². The Morgan fingerprint density at radius 3 is 2.44 bits per heavy atom. The molecule has 1 fully saturated rings. The second-order valence-electron chi connectivity index (χ2n) is 3.42. The number of halogens is 1. The summed E-state index contributed by atoms with van der Waals surface area (Å²) in [5.41, 5.74) is 0.855. The van der Waals surface area contributed by atoms with Crippen LogP contribution >= 0.6 is 11.1 Å². The molecule has 0 radical (unpaired) electrons. The van der Waals surface area contributed by atoms with Crippen LogP contribution in [0.5, 0.6) is 0 Å². The van der Waals surface area contributed by atoms with Gasteiger partial charge in [-0.2, -0.15) is 11.1 Å². The van der Waals surface area contributed by atoms with Gasteiger partial charge in [0.15, 0.2) is 7.38 Å². The Bertz CT molecular complexity index is 101. The molecule has 1 aliphatic heterocycles. The molecule has 1 rings (SSSR count). The molecule has 1 saturated heterocycles. The van der Waals surface area contributed by atoms with E-state index in [2.05, 4.69) is 13.5 Å². The van der Waals surface area contributed by atoms with E-state index in [1.165, 1.54) is 25.3 Å². The van der Waals surface area contributed by atoms with Crippen molar-refractivity contribution in [1.82, 2.24) is 0 Å². The molecule has 1 aliphatic rings. The summed E-state index contributed by atoms with van der Waals surface area (Å²) in [6.07, 6.45) is 4.18. The lowest BCUT2D eigenvalue weighted by atomic mass is 10.2. The number of rotatable bonds is 0. The van der Waals surface area contributed by atoms with Gasteiger partial charge in [0.25, 0.3) is 0 Å². The average molecular weight is 163 g/mol. The molecule has 9 heavy (non-hydrogen) atoms. The largest absolute Gasteiger partial charge is 0.167 e. The average Bonchev–Trinajstić information content (AvgIpc) is 1.77. The van der Waals surface area contributed by atoms with Gasteiger partial charge >= 0.3 is 0 Å². The zero-order chi connectivity index (χ0) is 6.91. The molecule has 0 amide bonds. The fourth-order valence-corrected chi connectivity index (χ4v) is 4.44. The SMILES string of the molecule is CC1CCCC[Si]1(C)Cl. The topological polar surface area (TPSA) is 0 Å². The van der Waals surface area contributed by atoms with Crippen molar-refractivity contribution in [2.24, 2.45) is 0 Å². The molecule has 0 bridgehead atoms. The predicted octanol–water partition coefficient (Wildman–Crippen LogP) is 3.37. The van der Waals surface area contributed by atoms with Crippen molar-refractivity contribution in [3.05, 3.63) is 0 Å². The molecule has 0 aromatic rings. The summed E-state index contributed by atoms with van der Waals surface area (Å²) >= 11 is 6.36. The van der Waals surface area contributed by atoms with E-state index in [-0.39, 0.29) is 0 Å². The molecule has 0 spiro atoms. The van der Waals surface area contributed by atoms with Crippen LogP contribution in [0, 0.1) is 0 Å². The van der Waals surface area contributed by atoms with Crippen molar-refractivity contribution < 1.29 is 0 Å². The minimum Gasteiger partial charge on any atom is -0.167 e. The minimum atomic E-state index is -1.22. The molecule has 0 N–H and O–H groups in total. The fourth-order valence-electron chi connectivity index (χ4n) is 1.47. The van der Waals surface area contributed by atoms with Crippen molar-refractivity contribution in [2.45, 2.75) is 44.3 Å². The van der Waals surface area contributed by atoms with Gasteiger partial charge in [-0.25, -0.2) is 0 Å². The van der Waals surface area contributed by atoms with Gasteiger partial charge in [-0.15, -0.1) is 0 Å². The molecule has 0 saturated carbocycles. The molecule has 1 heterocycles. The van der Waals surface area contributed by atoms with Crippen LogP contribution in [0.2, 0.25) is 18.1 Å².